The topological polar surface area (TPSA) is 53.9 Å². The van der Waals surface area contributed by atoms with Gasteiger partial charge in [-0.2, -0.15) is 0 Å². The van der Waals surface area contributed by atoms with Crippen molar-refractivity contribution in [1.29, 1.82) is 0 Å². The fourth-order valence-electron chi connectivity index (χ4n) is 3.82. The second-order valence-corrected chi connectivity index (χ2v) is 6.91. The summed E-state index contributed by atoms with van der Waals surface area (Å²) in [5, 5.41) is 9.30. The highest BCUT2D eigenvalue weighted by molar-refractivity contribution is 4.82. The maximum absolute atomic E-state index is 9.30. The molecule has 1 saturated heterocycles. The minimum Gasteiger partial charge on any atom is -1.00 e. The van der Waals surface area contributed by atoms with Crippen molar-refractivity contribution in [3.05, 3.63) is 0 Å². The molecule has 4 nitrogen and oxygen atoms in total. The van der Waals surface area contributed by atoms with Crippen LogP contribution in [0.4, 0.5) is 0 Å². The first-order valence-electron chi connectivity index (χ1n) is 8.46. The maximum atomic E-state index is 9.30. The first-order valence-corrected chi connectivity index (χ1v) is 8.46. The largest absolute Gasteiger partial charge is 1.00 e. The number of unbranched alkanes of at least 4 members (excludes halogenated alkanes) is 3. The van der Waals surface area contributed by atoms with Gasteiger partial charge in [-0.3, -0.25) is 0 Å². The van der Waals surface area contributed by atoms with Gasteiger partial charge < -0.3 is 28.1 Å². The molecular formula is C16H36ClN3O. The number of nitrogens with zero attached hydrogens (tertiary/aromatic N) is 1. The van der Waals surface area contributed by atoms with Crippen molar-refractivity contribution in [3.63, 3.8) is 0 Å². The average molecular weight is 322 g/mol. The molecule has 0 saturated carbocycles. The maximum Gasteiger partial charge on any atom is 0.149 e. The quantitative estimate of drug-likeness (QED) is 0.389. The number of aliphatic hydroxyl groups is 1. The van der Waals surface area contributed by atoms with Gasteiger partial charge in [0, 0.05) is 18.5 Å². The molecule has 1 fully saturated rings. The second kappa shape index (κ2) is 10.8. The van der Waals surface area contributed by atoms with Crippen LogP contribution in [0.1, 0.15) is 52.9 Å². The van der Waals surface area contributed by atoms with Crippen molar-refractivity contribution < 1.29 is 22.4 Å². The van der Waals surface area contributed by atoms with E-state index in [1.165, 1.54) is 38.6 Å². The number of nitrogens with one attached hydrogen (secondary N) is 1. The third-order valence-corrected chi connectivity index (χ3v) is 4.74. The van der Waals surface area contributed by atoms with Gasteiger partial charge in [0.1, 0.15) is 6.17 Å². The van der Waals surface area contributed by atoms with Crippen molar-refractivity contribution in [2.45, 2.75) is 59.0 Å². The van der Waals surface area contributed by atoms with Crippen LogP contribution in [0.15, 0.2) is 0 Å². The van der Waals surface area contributed by atoms with Crippen molar-refractivity contribution in [2.75, 3.05) is 39.3 Å². The Morgan fingerprint density at radius 3 is 2.57 bits per heavy atom. The van der Waals surface area contributed by atoms with Crippen molar-refractivity contribution >= 4 is 0 Å². The van der Waals surface area contributed by atoms with Gasteiger partial charge in [-0.1, -0.05) is 46.5 Å². The zero-order valence-electron chi connectivity index (χ0n) is 14.2. The van der Waals surface area contributed by atoms with Crippen LogP contribution < -0.4 is 23.0 Å². The minimum absolute atomic E-state index is 0. The predicted octanol–water partition coefficient (Wildman–Crippen LogP) is -2.54. The molecule has 0 radical (unpaired) electrons. The lowest BCUT2D eigenvalue weighted by atomic mass is 9.82. The molecule has 128 valence electrons. The molecule has 21 heavy (non-hydrogen) atoms. The summed E-state index contributed by atoms with van der Waals surface area (Å²) in [4.78, 5) is 4.09. The van der Waals surface area contributed by atoms with Gasteiger partial charge in [-0.25, -0.2) is 4.90 Å². The van der Waals surface area contributed by atoms with Gasteiger partial charge >= 0.3 is 0 Å². The van der Waals surface area contributed by atoms with Gasteiger partial charge in [-0.05, 0) is 6.42 Å². The Morgan fingerprint density at radius 1 is 1.29 bits per heavy atom. The first-order chi connectivity index (χ1) is 9.56. The number of aliphatic hydroxyl groups excluding tert-OH is 1. The number of quaternary nitrogens is 1. The zero-order valence-corrected chi connectivity index (χ0v) is 15.0. The second-order valence-electron chi connectivity index (χ2n) is 6.91. The summed E-state index contributed by atoms with van der Waals surface area (Å²) in [5.74, 6) is 0. The van der Waals surface area contributed by atoms with E-state index >= 15 is 0 Å². The van der Waals surface area contributed by atoms with E-state index in [9.17, 15) is 5.11 Å². The zero-order chi connectivity index (χ0) is 15.0. The van der Waals surface area contributed by atoms with Gasteiger partial charge in [-0.15, -0.1) is 0 Å². The van der Waals surface area contributed by atoms with Crippen LogP contribution >= 0.6 is 0 Å². The Morgan fingerprint density at radius 2 is 2.00 bits per heavy atom. The van der Waals surface area contributed by atoms with Crippen LogP contribution in [0.5, 0.6) is 0 Å². The number of β-amino-alcohol motifs (C(OH)–C–C–N with tert-alkyl or cyclic N) is 1. The fraction of sp³-hybridized carbons (Fsp3) is 1.00. The molecule has 0 aromatic carbocycles. The van der Waals surface area contributed by atoms with E-state index in [4.69, 9.17) is 5.73 Å². The number of nitrogens with two attached hydrogens (primary N) is 1. The van der Waals surface area contributed by atoms with Gasteiger partial charge in [0.25, 0.3) is 0 Å². The summed E-state index contributed by atoms with van der Waals surface area (Å²) < 4.78 is 0. The number of hydrogen-bond acceptors (Lipinski definition) is 3. The highest BCUT2D eigenvalue weighted by Gasteiger charge is 2.45. The van der Waals surface area contributed by atoms with Crippen LogP contribution in [0.25, 0.3) is 0 Å². The van der Waals surface area contributed by atoms with E-state index in [2.05, 4.69) is 25.7 Å². The molecule has 2 atom stereocenters. The van der Waals surface area contributed by atoms with E-state index in [0.29, 0.717) is 11.6 Å². The molecule has 0 aromatic rings. The minimum atomic E-state index is 0. The lowest BCUT2D eigenvalue weighted by Crippen LogP contribution is -3.16. The SMILES string of the molecule is CCCCCCC(C)(C)C1N(CCO)CC[NH+]1CCN.[Cl-]. The molecule has 0 bridgehead atoms. The molecule has 0 spiro atoms. The molecule has 4 N–H and O–H groups in total. The van der Waals surface area contributed by atoms with Gasteiger partial charge in [0.15, 0.2) is 0 Å². The van der Waals surface area contributed by atoms with E-state index in [1.807, 2.05) is 0 Å². The van der Waals surface area contributed by atoms with Crippen molar-refractivity contribution in [1.82, 2.24) is 4.90 Å². The van der Waals surface area contributed by atoms with Crippen molar-refractivity contribution in [2.24, 2.45) is 11.1 Å². The monoisotopic (exact) mass is 321 g/mol. The highest BCUT2D eigenvalue weighted by atomic mass is 35.5. The number of rotatable bonds is 10. The van der Waals surface area contributed by atoms with Crippen molar-refractivity contribution in [3.8, 4) is 0 Å². The lowest BCUT2D eigenvalue weighted by Gasteiger charge is -2.39. The third kappa shape index (κ3) is 6.41. The number of hydrogen-bond donors (Lipinski definition) is 3. The average Bonchev–Trinajstić information content (AvgIpc) is 2.79. The van der Waals surface area contributed by atoms with E-state index in [1.54, 1.807) is 4.90 Å². The van der Waals surface area contributed by atoms with E-state index < -0.39 is 0 Å². The molecular weight excluding hydrogens is 286 g/mol. The summed E-state index contributed by atoms with van der Waals surface area (Å²) in [6.45, 7) is 12.2. The molecule has 0 amide bonds. The Kier molecular flexibility index (Phi) is 10.9. The Hall–Kier alpha value is 0.130. The van der Waals surface area contributed by atoms with Crippen LogP contribution in [0, 0.1) is 5.41 Å². The van der Waals surface area contributed by atoms with Crippen LogP contribution in [-0.2, 0) is 0 Å². The Bertz CT molecular complexity index is 250. The number of halogens is 1. The predicted molar refractivity (Wildman–Crippen MR) is 84.7 cm³/mol. The molecule has 1 rings (SSSR count). The Labute approximate surface area is 137 Å². The van der Waals surface area contributed by atoms with E-state index in [-0.39, 0.29) is 19.0 Å². The van der Waals surface area contributed by atoms with Gasteiger partial charge in [0.2, 0.25) is 0 Å². The first kappa shape index (κ1) is 21.1. The summed E-state index contributed by atoms with van der Waals surface area (Å²) in [7, 11) is 0. The molecule has 5 heteroatoms. The highest BCUT2D eigenvalue weighted by Crippen LogP contribution is 2.30. The summed E-state index contributed by atoms with van der Waals surface area (Å²) in [5.41, 5.74) is 6.08. The van der Waals surface area contributed by atoms with Gasteiger partial charge in [0.05, 0.1) is 26.2 Å². The third-order valence-electron chi connectivity index (χ3n) is 4.74. The van der Waals surface area contributed by atoms with Crippen LogP contribution in [-0.4, -0.2) is 55.5 Å². The summed E-state index contributed by atoms with van der Waals surface area (Å²) in [6, 6.07) is 0. The summed E-state index contributed by atoms with van der Waals surface area (Å²) >= 11 is 0. The normalized spacial score (nSPS) is 23.3. The lowest BCUT2D eigenvalue weighted by molar-refractivity contribution is -0.924. The Balaban J connectivity index is 0.00000400. The van der Waals surface area contributed by atoms with Crippen LogP contribution in [0.3, 0.4) is 0 Å². The molecule has 2 unspecified atom stereocenters. The van der Waals surface area contributed by atoms with E-state index in [0.717, 1.165) is 26.2 Å². The summed E-state index contributed by atoms with van der Waals surface area (Å²) in [6.07, 6.45) is 7.10. The smallest absolute Gasteiger partial charge is 0.149 e. The van der Waals surface area contributed by atoms with Crippen LogP contribution in [0.2, 0.25) is 0 Å². The fourth-order valence-corrected chi connectivity index (χ4v) is 3.82. The molecule has 0 aromatic heterocycles. The molecule has 1 aliphatic rings. The molecule has 1 heterocycles. The standard InChI is InChI=1S/C16H35N3O.ClH/c1-4-5-6-7-8-16(2,3)15-18(10-9-17)11-12-19(15)13-14-20;/h15,20H,4-14,17H2,1-3H3;1H. The molecule has 0 aliphatic carbocycles. The molecule has 1 aliphatic heterocycles.